The Hall–Kier alpha value is -2.52. The Kier molecular flexibility index (Phi) is 7.05. The fraction of sp³-hybridized carbons (Fsp3) is 0.478. The molecule has 4 rings (SSSR count). The van der Waals surface area contributed by atoms with Gasteiger partial charge in [-0.05, 0) is 37.6 Å². The van der Waals surface area contributed by atoms with Gasteiger partial charge in [0.25, 0.3) is 5.56 Å². The molecule has 0 aliphatic carbocycles. The lowest BCUT2D eigenvalue weighted by Gasteiger charge is -2.37. The summed E-state index contributed by atoms with van der Waals surface area (Å²) < 4.78 is 1.39. The third kappa shape index (κ3) is 4.63. The molecule has 4 heterocycles. The Morgan fingerprint density at radius 3 is 2.88 bits per heavy atom. The lowest BCUT2D eigenvalue weighted by atomic mass is 9.92. The van der Waals surface area contributed by atoms with Crippen LogP contribution in [0, 0.1) is 5.92 Å². The van der Waals surface area contributed by atoms with Crippen molar-refractivity contribution < 1.29 is 9.59 Å². The topological polar surface area (TPSA) is 84.3 Å². The molecule has 7 nitrogen and oxygen atoms in total. The molecule has 9 heteroatoms. The quantitative estimate of drug-likeness (QED) is 0.531. The van der Waals surface area contributed by atoms with Gasteiger partial charge in [-0.2, -0.15) is 0 Å². The molecule has 2 amide bonds. The van der Waals surface area contributed by atoms with E-state index in [1.54, 1.807) is 16.2 Å². The Morgan fingerprint density at radius 2 is 2.12 bits per heavy atom. The maximum Gasteiger partial charge on any atom is 0.263 e. The molecule has 3 aromatic heterocycles. The van der Waals surface area contributed by atoms with Crippen LogP contribution in [-0.2, 0) is 16.1 Å². The van der Waals surface area contributed by atoms with Crippen LogP contribution in [0.2, 0.25) is 0 Å². The second-order valence-electron chi connectivity index (χ2n) is 8.30. The molecule has 0 spiro atoms. The Labute approximate surface area is 195 Å². The summed E-state index contributed by atoms with van der Waals surface area (Å²) in [6, 6.07) is 3.97. The second-order valence-corrected chi connectivity index (χ2v) is 10.1. The average Bonchev–Trinajstić information content (AvgIpc) is 3.46. The fourth-order valence-corrected chi connectivity index (χ4v) is 5.85. The van der Waals surface area contributed by atoms with Crippen molar-refractivity contribution in [2.75, 3.05) is 13.1 Å². The number of rotatable bonds is 7. The maximum atomic E-state index is 13.2. The minimum absolute atomic E-state index is 0.0160. The molecule has 1 aliphatic heterocycles. The van der Waals surface area contributed by atoms with Gasteiger partial charge in [-0.1, -0.05) is 19.4 Å². The number of unbranched alkanes of at least 4 members (excludes halogenated alkanes) is 1. The van der Waals surface area contributed by atoms with Gasteiger partial charge in [-0.3, -0.25) is 19.0 Å². The summed E-state index contributed by atoms with van der Waals surface area (Å²) in [5.41, 5.74) is 0.668. The number of fused-ring (bicyclic) bond motifs is 1. The molecule has 1 aliphatic rings. The number of likely N-dealkylation sites (tertiary alicyclic amines) is 1. The summed E-state index contributed by atoms with van der Waals surface area (Å²) >= 11 is 3.01. The van der Waals surface area contributed by atoms with Crippen LogP contribution in [0.3, 0.4) is 0 Å². The third-order valence-electron chi connectivity index (χ3n) is 6.06. The summed E-state index contributed by atoms with van der Waals surface area (Å²) in [4.78, 5) is 46.8. The van der Waals surface area contributed by atoms with E-state index in [1.165, 1.54) is 22.2 Å². The Morgan fingerprint density at radius 1 is 1.28 bits per heavy atom. The van der Waals surface area contributed by atoms with Crippen molar-refractivity contribution in [1.82, 2.24) is 19.8 Å². The minimum Gasteiger partial charge on any atom is -0.356 e. The van der Waals surface area contributed by atoms with Crippen molar-refractivity contribution >= 4 is 44.7 Å². The average molecular weight is 473 g/mol. The third-order valence-corrected chi connectivity index (χ3v) is 7.85. The largest absolute Gasteiger partial charge is 0.356 e. The van der Waals surface area contributed by atoms with E-state index in [1.807, 2.05) is 29.8 Å². The molecule has 0 bridgehead atoms. The molecule has 2 unspecified atom stereocenters. The van der Waals surface area contributed by atoms with E-state index in [-0.39, 0.29) is 35.9 Å². The van der Waals surface area contributed by atoms with Crippen LogP contribution in [0.15, 0.2) is 34.0 Å². The van der Waals surface area contributed by atoms with Gasteiger partial charge in [0.15, 0.2) is 0 Å². The zero-order valence-corrected chi connectivity index (χ0v) is 20.0. The summed E-state index contributed by atoms with van der Waals surface area (Å²) in [6.07, 6.45) is 4.98. The highest BCUT2D eigenvalue weighted by Crippen LogP contribution is 2.33. The molecule has 1 saturated heterocycles. The van der Waals surface area contributed by atoms with E-state index in [9.17, 15) is 14.4 Å². The van der Waals surface area contributed by atoms with E-state index in [0.717, 1.165) is 36.1 Å². The molecule has 32 heavy (non-hydrogen) atoms. The number of nitrogens with zero attached hydrogens (tertiary/aromatic N) is 3. The molecule has 170 valence electrons. The van der Waals surface area contributed by atoms with Crippen molar-refractivity contribution in [3.63, 3.8) is 0 Å². The van der Waals surface area contributed by atoms with Crippen molar-refractivity contribution in [3.05, 3.63) is 39.6 Å². The number of aromatic nitrogens is 2. The van der Waals surface area contributed by atoms with Crippen molar-refractivity contribution in [2.24, 2.45) is 5.92 Å². The summed E-state index contributed by atoms with van der Waals surface area (Å²) in [5.74, 6) is -0.339. The van der Waals surface area contributed by atoms with Crippen molar-refractivity contribution in [3.8, 4) is 10.4 Å². The number of nitrogens with one attached hydrogen (secondary N) is 1. The summed E-state index contributed by atoms with van der Waals surface area (Å²) in [5, 5.41) is 7.47. The van der Waals surface area contributed by atoms with Crippen LogP contribution in [0.5, 0.6) is 0 Å². The molecule has 0 saturated carbocycles. The van der Waals surface area contributed by atoms with Crippen molar-refractivity contribution in [2.45, 2.75) is 52.1 Å². The first kappa shape index (κ1) is 22.7. The van der Waals surface area contributed by atoms with Gasteiger partial charge in [0.2, 0.25) is 11.8 Å². The van der Waals surface area contributed by atoms with Gasteiger partial charge < -0.3 is 10.2 Å². The predicted octanol–water partition coefficient (Wildman–Crippen LogP) is 3.73. The van der Waals surface area contributed by atoms with Crippen LogP contribution in [-0.4, -0.2) is 45.4 Å². The lowest BCUT2D eigenvalue weighted by molar-refractivity contribution is -0.138. The number of hydrogen-bond donors (Lipinski definition) is 1. The molecular formula is C23H28N4O3S2. The van der Waals surface area contributed by atoms with E-state index >= 15 is 0 Å². The van der Waals surface area contributed by atoms with Crippen LogP contribution in [0.1, 0.15) is 39.5 Å². The normalized spacial score (nSPS) is 18.8. The smallest absolute Gasteiger partial charge is 0.263 e. The molecular weight excluding hydrogens is 444 g/mol. The molecule has 2 atom stereocenters. The molecule has 0 aromatic carbocycles. The summed E-state index contributed by atoms with van der Waals surface area (Å²) in [6.45, 7) is 5.07. The van der Waals surface area contributed by atoms with Crippen LogP contribution in [0.25, 0.3) is 20.7 Å². The standard InChI is InChI=1S/C23H28N4O3S2/c1-3-4-9-24-21(29)16-8-7-15(2)27(11-16)19(28)12-26-14-25-22-20(23(26)30)17(13-32-22)18-6-5-10-31-18/h5-6,10,13-16H,3-4,7-9,11-12H2,1-2H3,(H,24,29). The number of hydrogen-bond acceptors (Lipinski definition) is 6. The zero-order valence-electron chi connectivity index (χ0n) is 18.4. The number of carbonyl (C=O) groups excluding carboxylic acids is 2. The van der Waals surface area contributed by atoms with Crippen LogP contribution >= 0.6 is 22.7 Å². The predicted molar refractivity (Wildman–Crippen MR) is 129 cm³/mol. The second kappa shape index (κ2) is 9.95. The van der Waals surface area contributed by atoms with E-state index in [4.69, 9.17) is 0 Å². The number of thiophene rings is 2. The first-order valence-corrected chi connectivity index (χ1v) is 12.8. The first-order valence-electron chi connectivity index (χ1n) is 11.1. The summed E-state index contributed by atoms with van der Waals surface area (Å²) in [7, 11) is 0. The highest BCUT2D eigenvalue weighted by atomic mass is 32.1. The highest BCUT2D eigenvalue weighted by molar-refractivity contribution is 7.18. The van der Waals surface area contributed by atoms with Crippen molar-refractivity contribution in [1.29, 1.82) is 0 Å². The van der Waals surface area contributed by atoms with Gasteiger partial charge in [-0.15, -0.1) is 22.7 Å². The maximum absolute atomic E-state index is 13.2. The zero-order chi connectivity index (χ0) is 22.7. The van der Waals surface area contributed by atoms with Gasteiger partial charge in [0, 0.05) is 35.0 Å². The Bertz CT molecular complexity index is 1150. The lowest BCUT2D eigenvalue weighted by Crippen LogP contribution is -2.50. The minimum atomic E-state index is -0.202. The first-order chi connectivity index (χ1) is 15.5. The van der Waals surface area contributed by atoms with Gasteiger partial charge in [0.05, 0.1) is 17.6 Å². The molecule has 1 N–H and O–H groups in total. The highest BCUT2D eigenvalue weighted by Gasteiger charge is 2.32. The number of amides is 2. The molecule has 0 radical (unpaired) electrons. The van der Waals surface area contributed by atoms with Gasteiger partial charge in [-0.25, -0.2) is 4.98 Å². The monoisotopic (exact) mass is 472 g/mol. The van der Waals surface area contributed by atoms with E-state index < -0.39 is 0 Å². The van der Waals surface area contributed by atoms with E-state index in [2.05, 4.69) is 17.2 Å². The van der Waals surface area contributed by atoms with Crippen LogP contribution < -0.4 is 10.9 Å². The number of carbonyl (C=O) groups is 2. The van der Waals surface area contributed by atoms with Gasteiger partial charge >= 0.3 is 0 Å². The number of piperidine rings is 1. The van der Waals surface area contributed by atoms with E-state index in [0.29, 0.717) is 23.3 Å². The molecule has 3 aromatic rings. The van der Waals surface area contributed by atoms with Crippen LogP contribution in [0.4, 0.5) is 0 Å². The fourth-order valence-electron chi connectivity index (χ4n) is 4.13. The molecule has 1 fully saturated rings. The van der Waals surface area contributed by atoms with Gasteiger partial charge in [0.1, 0.15) is 11.4 Å². The Balaban J connectivity index is 1.51. The SMILES string of the molecule is CCCCNC(=O)C1CCC(C)N(C(=O)Cn2cnc3scc(-c4cccs4)c3c2=O)C1.